The highest BCUT2D eigenvalue weighted by Gasteiger charge is 2.79. The predicted molar refractivity (Wildman–Crippen MR) is 179 cm³/mol. The van der Waals surface area contributed by atoms with Crippen molar-refractivity contribution in [3.05, 3.63) is 23.8 Å². The van der Waals surface area contributed by atoms with Gasteiger partial charge < -0.3 is 43.0 Å². The summed E-state index contributed by atoms with van der Waals surface area (Å²) in [5.74, 6) is -5.78. The van der Waals surface area contributed by atoms with Gasteiger partial charge in [0.15, 0.2) is 59.8 Å². The summed E-state index contributed by atoms with van der Waals surface area (Å²) >= 11 is 0. The molecule has 0 aromatic rings. The Labute approximate surface area is 312 Å². The fourth-order valence-electron chi connectivity index (χ4n) is 10.4. The Hall–Kier alpha value is -3.57. The summed E-state index contributed by atoms with van der Waals surface area (Å²) in [5.41, 5.74) is -5.71. The van der Waals surface area contributed by atoms with Crippen molar-refractivity contribution in [3.8, 4) is 0 Å². The van der Waals surface area contributed by atoms with E-state index in [1.165, 1.54) is 12.2 Å². The van der Waals surface area contributed by atoms with Crippen LogP contribution in [-0.4, -0.2) is 115 Å². The van der Waals surface area contributed by atoms with E-state index in [0.29, 0.717) is 31.3 Å². The third-order valence-corrected chi connectivity index (χ3v) is 12.6. The Morgan fingerprint density at radius 1 is 0.963 bits per heavy atom. The number of methoxy groups -OCH3 is 1. The molecule has 0 radical (unpaired) electrons. The van der Waals surface area contributed by atoms with Crippen molar-refractivity contribution in [2.24, 2.45) is 22.7 Å². The molecule has 5 fully saturated rings. The van der Waals surface area contributed by atoms with Gasteiger partial charge in [0, 0.05) is 37.5 Å². The summed E-state index contributed by atoms with van der Waals surface area (Å²) < 4.78 is 63.8. The average molecular weight is 765 g/mol. The van der Waals surface area contributed by atoms with Crippen LogP contribution >= 0.6 is 0 Å². The summed E-state index contributed by atoms with van der Waals surface area (Å²) in [6.45, 7) is 7.82. The van der Waals surface area contributed by atoms with Crippen LogP contribution in [0.5, 0.6) is 0 Å². The number of halogens is 1. The number of ketones is 2. The smallest absolute Gasteiger partial charge is 0.339 e. The van der Waals surface area contributed by atoms with Gasteiger partial charge in [0.2, 0.25) is 0 Å². The van der Waals surface area contributed by atoms with E-state index in [1.54, 1.807) is 19.9 Å². The monoisotopic (exact) mass is 764 g/mol. The number of hydrogen-bond donors (Lipinski definition) is 1. The van der Waals surface area contributed by atoms with Gasteiger partial charge in [-0.1, -0.05) is 31.9 Å². The van der Waals surface area contributed by atoms with Gasteiger partial charge in [-0.2, -0.15) is 0 Å². The van der Waals surface area contributed by atoms with Crippen molar-refractivity contribution in [1.29, 1.82) is 0 Å². The molecule has 2 aliphatic heterocycles. The summed E-state index contributed by atoms with van der Waals surface area (Å²) in [5, 5.41) is 11.9. The molecular formula is C38H49FO15. The van der Waals surface area contributed by atoms with Gasteiger partial charge in [-0.15, -0.1) is 0 Å². The largest absolute Gasteiger partial charge is 0.467 e. The number of Topliss-reactive ketones (excluding diaryl/α,β-unsaturated/α-hetero) is 1. The number of hydrogen-bond acceptors (Lipinski definition) is 15. The topological polar surface area (TPSA) is 196 Å². The minimum Gasteiger partial charge on any atom is -0.467 e. The van der Waals surface area contributed by atoms with Gasteiger partial charge >= 0.3 is 23.9 Å². The molecule has 0 bridgehead atoms. The highest BCUT2D eigenvalue weighted by Crippen LogP contribution is 2.72. The van der Waals surface area contributed by atoms with E-state index in [0.717, 1.165) is 27.9 Å². The number of carbonyl (C=O) groups is 6. The van der Waals surface area contributed by atoms with Gasteiger partial charge in [0.1, 0.15) is 6.61 Å². The second-order valence-corrected chi connectivity index (χ2v) is 15.6. The molecule has 0 spiro atoms. The molecule has 0 aromatic heterocycles. The predicted octanol–water partition coefficient (Wildman–Crippen LogP) is 2.53. The molecule has 54 heavy (non-hydrogen) atoms. The van der Waals surface area contributed by atoms with E-state index in [-0.39, 0.29) is 18.6 Å². The maximum atomic E-state index is 17.9. The first-order valence-corrected chi connectivity index (χ1v) is 18.4. The van der Waals surface area contributed by atoms with Crippen LogP contribution in [0.25, 0.3) is 0 Å². The molecule has 0 aromatic carbocycles. The second-order valence-electron chi connectivity index (χ2n) is 15.6. The quantitative estimate of drug-likeness (QED) is 0.252. The third kappa shape index (κ3) is 6.12. The molecule has 6 aliphatic rings. The first-order chi connectivity index (χ1) is 25.4. The van der Waals surface area contributed by atoms with E-state index in [4.69, 9.17) is 37.9 Å². The van der Waals surface area contributed by atoms with Crippen molar-refractivity contribution in [3.63, 3.8) is 0 Å². The zero-order chi connectivity index (χ0) is 39.5. The third-order valence-electron chi connectivity index (χ3n) is 12.6. The van der Waals surface area contributed by atoms with Crippen LogP contribution in [0.2, 0.25) is 0 Å². The highest BCUT2D eigenvalue weighted by molar-refractivity contribution is 6.01. The van der Waals surface area contributed by atoms with Crippen molar-refractivity contribution in [1.82, 2.24) is 0 Å². The molecule has 298 valence electrons. The maximum absolute atomic E-state index is 17.9. The lowest BCUT2D eigenvalue weighted by atomic mass is 9.44. The first kappa shape index (κ1) is 40.1. The van der Waals surface area contributed by atoms with Crippen LogP contribution in [0.4, 0.5) is 4.39 Å². The van der Waals surface area contributed by atoms with E-state index in [1.807, 2.05) is 6.92 Å². The van der Waals surface area contributed by atoms with Crippen molar-refractivity contribution < 1.29 is 76.2 Å². The summed E-state index contributed by atoms with van der Waals surface area (Å²) in [6.07, 6.45) is -5.35. The van der Waals surface area contributed by atoms with E-state index >= 15 is 4.39 Å². The Morgan fingerprint density at radius 2 is 1.61 bits per heavy atom. The summed E-state index contributed by atoms with van der Waals surface area (Å²) in [7, 11) is 1.05. The van der Waals surface area contributed by atoms with E-state index in [9.17, 15) is 33.9 Å². The molecule has 15 nitrogen and oxygen atoms in total. The number of fused-ring (bicyclic) bond motifs is 7. The van der Waals surface area contributed by atoms with E-state index in [2.05, 4.69) is 0 Å². The number of aliphatic hydroxyl groups excluding tert-OH is 1. The van der Waals surface area contributed by atoms with Crippen LogP contribution < -0.4 is 0 Å². The van der Waals surface area contributed by atoms with Crippen LogP contribution in [0, 0.1) is 22.7 Å². The van der Waals surface area contributed by atoms with Gasteiger partial charge in [0.25, 0.3) is 0 Å². The lowest BCUT2D eigenvalue weighted by Crippen LogP contribution is -2.70. The number of allylic oxidation sites excluding steroid dienone is 4. The standard InChI is InChI=1S/C38H49FO15/c1-8-9-28-52-27-15-24-23-11-10-21-14-22(43)12-13-35(21,5)37(23,39)25(44)16-36(24,6)38(27,54-28)26(45)17-48-34-32(51-20(4)42)30(50-19(3)41)29(49-18(2)40)31(53-34)33(46)47-7/h12-14,23-25,27-32,34,44H,8-11,15-17H2,1-7H3. The molecular weight excluding hydrogens is 715 g/mol. The molecule has 6 rings (SSSR count). The molecule has 3 saturated carbocycles. The summed E-state index contributed by atoms with van der Waals surface area (Å²) in [6, 6.07) is 0. The number of carbonyl (C=O) groups excluding carboxylic acids is 6. The molecule has 2 heterocycles. The second kappa shape index (κ2) is 14.5. The van der Waals surface area contributed by atoms with Gasteiger partial charge in [0.05, 0.1) is 19.3 Å². The van der Waals surface area contributed by atoms with Crippen molar-refractivity contribution in [2.75, 3.05) is 13.7 Å². The molecule has 2 saturated heterocycles. The Kier molecular flexibility index (Phi) is 10.8. The van der Waals surface area contributed by atoms with Crippen LogP contribution in [0.1, 0.15) is 80.1 Å². The van der Waals surface area contributed by atoms with Gasteiger partial charge in [-0.05, 0) is 57.1 Å². The van der Waals surface area contributed by atoms with Gasteiger partial charge in [-0.3, -0.25) is 24.0 Å². The van der Waals surface area contributed by atoms with Crippen LogP contribution in [0.3, 0.4) is 0 Å². The molecule has 14 atom stereocenters. The first-order valence-electron chi connectivity index (χ1n) is 18.4. The molecule has 4 aliphatic carbocycles. The number of esters is 4. The molecule has 14 unspecified atom stereocenters. The minimum atomic E-state index is -2.17. The SMILES string of the molecule is CCCC1OC2CC3C4CCC5=CC(=O)C=CC5(C)C4(F)C(O)CC3(C)C2(C(=O)COC2OC(C(=O)OC)C(OC(C)=O)C(OC(C)=O)C2OC(C)=O)O1. The van der Waals surface area contributed by atoms with Gasteiger partial charge in [-0.25, -0.2) is 9.18 Å². The Bertz CT molecular complexity index is 1640. The lowest BCUT2D eigenvalue weighted by molar-refractivity contribution is -0.301. The number of ether oxygens (including phenoxy) is 8. The van der Waals surface area contributed by atoms with Crippen molar-refractivity contribution in [2.45, 2.75) is 141 Å². The minimum absolute atomic E-state index is 0.182. The Balaban J connectivity index is 1.35. The van der Waals surface area contributed by atoms with E-state index < -0.39 is 119 Å². The number of rotatable bonds is 10. The molecule has 0 amide bonds. The average Bonchev–Trinajstić information content (AvgIpc) is 3.57. The lowest BCUT2D eigenvalue weighted by Gasteiger charge is -2.62. The number of alkyl halides is 1. The highest BCUT2D eigenvalue weighted by atomic mass is 19.1. The molecule has 16 heteroatoms. The zero-order valence-corrected chi connectivity index (χ0v) is 31.5. The summed E-state index contributed by atoms with van der Waals surface area (Å²) in [4.78, 5) is 76.8. The van der Waals surface area contributed by atoms with Crippen LogP contribution in [-0.2, 0) is 66.7 Å². The molecule has 1 N–H and O–H groups in total. The fourth-order valence-corrected chi connectivity index (χ4v) is 10.4. The fraction of sp³-hybridized carbons (Fsp3) is 0.737. The Morgan fingerprint density at radius 3 is 2.24 bits per heavy atom. The van der Waals surface area contributed by atoms with Crippen molar-refractivity contribution >= 4 is 35.4 Å². The number of aliphatic hydroxyl groups is 1. The maximum Gasteiger partial charge on any atom is 0.339 e. The zero-order valence-electron chi connectivity index (χ0n) is 31.5. The van der Waals surface area contributed by atoms with Crippen LogP contribution in [0.15, 0.2) is 23.8 Å². The normalized spacial score (nSPS) is 43.4.